The van der Waals surface area contributed by atoms with Gasteiger partial charge < -0.3 is 5.11 Å². The Morgan fingerprint density at radius 2 is 2.00 bits per heavy atom. The van der Waals surface area contributed by atoms with Gasteiger partial charge in [0.05, 0.1) is 5.69 Å². The zero-order valence-electron chi connectivity index (χ0n) is 8.92. The number of carboxylic acids is 1. The van der Waals surface area contributed by atoms with Crippen molar-refractivity contribution < 1.29 is 9.90 Å². The zero-order chi connectivity index (χ0) is 11.5. The number of nitrogens with zero attached hydrogens (tertiary/aromatic N) is 2. The number of benzene rings is 1. The van der Waals surface area contributed by atoms with E-state index in [-0.39, 0.29) is 5.69 Å². The summed E-state index contributed by atoms with van der Waals surface area (Å²) >= 11 is 0. The van der Waals surface area contributed by atoms with Crippen LogP contribution in [0, 0.1) is 0 Å². The summed E-state index contributed by atoms with van der Waals surface area (Å²) in [5.74, 6) is -1.01. The molecular weight excluding hydrogens is 204 g/mol. The van der Waals surface area contributed by atoms with Gasteiger partial charge in [-0.1, -0.05) is 19.1 Å². The van der Waals surface area contributed by atoms with Crippen molar-refractivity contribution in [3.05, 3.63) is 47.8 Å². The van der Waals surface area contributed by atoms with Crippen molar-refractivity contribution in [2.24, 2.45) is 0 Å². The lowest BCUT2D eigenvalue weighted by Crippen LogP contribution is -2.00. The van der Waals surface area contributed by atoms with E-state index in [4.69, 9.17) is 5.11 Å². The molecule has 2 rings (SSSR count). The standard InChI is InChI=1S/C12H12N2O2/c1-2-9-3-5-10(6-4-9)14-8-7-11(13-14)12(15)16/h3-8H,2H2,1H3,(H,15,16). The van der Waals surface area contributed by atoms with E-state index in [1.807, 2.05) is 24.3 Å². The summed E-state index contributed by atoms with van der Waals surface area (Å²) in [4.78, 5) is 10.7. The molecule has 0 amide bonds. The van der Waals surface area contributed by atoms with Crippen molar-refractivity contribution in [3.63, 3.8) is 0 Å². The quantitative estimate of drug-likeness (QED) is 0.855. The van der Waals surface area contributed by atoms with Gasteiger partial charge in [-0.2, -0.15) is 5.10 Å². The fourth-order valence-electron chi connectivity index (χ4n) is 1.47. The second-order valence-corrected chi connectivity index (χ2v) is 3.47. The highest BCUT2D eigenvalue weighted by Crippen LogP contribution is 2.10. The summed E-state index contributed by atoms with van der Waals surface area (Å²) in [7, 11) is 0. The van der Waals surface area contributed by atoms with Crippen molar-refractivity contribution in [2.45, 2.75) is 13.3 Å². The van der Waals surface area contributed by atoms with Crippen LogP contribution >= 0.6 is 0 Å². The average molecular weight is 216 g/mol. The van der Waals surface area contributed by atoms with E-state index in [0.717, 1.165) is 12.1 Å². The Kier molecular flexibility index (Phi) is 2.72. The van der Waals surface area contributed by atoms with Gasteiger partial charge in [-0.05, 0) is 30.2 Å². The van der Waals surface area contributed by atoms with Crippen LogP contribution < -0.4 is 0 Å². The van der Waals surface area contributed by atoms with Crippen LogP contribution in [0.2, 0.25) is 0 Å². The Hall–Kier alpha value is -2.10. The number of hydrogen-bond acceptors (Lipinski definition) is 2. The van der Waals surface area contributed by atoms with Crippen molar-refractivity contribution in [1.29, 1.82) is 0 Å². The molecule has 4 heteroatoms. The van der Waals surface area contributed by atoms with Crippen LogP contribution in [-0.2, 0) is 6.42 Å². The van der Waals surface area contributed by atoms with Crippen LogP contribution in [0.15, 0.2) is 36.5 Å². The lowest BCUT2D eigenvalue weighted by atomic mass is 10.1. The third kappa shape index (κ3) is 1.95. The van der Waals surface area contributed by atoms with E-state index in [1.165, 1.54) is 11.6 Å². The molecule has 1 aromatic heterocycles. The maximum Gasteiger partial charge on any atom is 0.356 e. The second-order valence-electron chi connectivity index (χ2n) is 3.47. The molecule has 4 nitrogen and oxygen atoms in total. The van der Waals surface area contributed by atoms with E-state index < -0.39 is 5.97 Å². The third-order valence-corrected chi connectivity index (χ3v) is 2.42. The Morgan fingerprint density at radius 3 is 2.50 bits per heavy atom. The molecule has 0 radical (unpaired) electrons. The van der Waals surface area contributed by atoms with Crippen LogP contribution in [-0.4, -0.2) is 20.9 Å². The van der Waals surface area contributed by atoms with E-state index in [9.17, 15) is 4.79 Å². The second kappa shape index (κ2) is 4.18. The first-order valence-corrected chi connectivity index (χ1v) is 5.09. The summed E-state index contributed by atoms with van der Waals surface area (Å²) in [6.07, 6.45) is 2.63. The maximum atomic E-state index is 10.7. The highest BCUT2D eigenvalue weighted by atomic mass is 16.4. The van der Waals surface area contributed by atoms with Gasteiger partial charge >= 0.3 is 5.97 Å². The Labute approximate surface area is 93.1 Å². The molecule has 1 heterocycles. The fourth-order valence-corrected chi connectivity index (χ4v) is 1.47. The van der Waals surface area contributed by atoms with E-state index >= 15 is 0 Å². The fraction of sp³-hybridized carbons (Fsp3) is 0.167. The van der Waals surface area contributed by atoms with Crippen LogP contribution in [0.3, 0.4) is 0 Å². The lowest BCUT2D eigenvalue weighted by Gasteiger charge is -2.02. The number of hydrogen-bond donors (Lipinski definition) is 1. The molecule has 82 valence electrons. The van der Waals surface area contributed by atoms with Gasteiger partial charge in [0, 0.05) is 6.20 Å². The van der Waals surface area contributed by atoms with Gasteiger partial charge in [0.25, 0.3) is 0 Å². The van der Waals surface area contributed by atoms with Gasteiger partial charge in [0.2, 0.25) is 0 Å². The van der Waals surface area contributed by atoms with Crippen LogP contribution in [0.1, 0.15) is 23.0 Å². The normalized spacial score (nSPS) is 10.3. The molecule has 0 saturated heterocycles. The molecular formula is C12H12N2O2. The lowest BCUT2D eigenvalue weighted by molar-refractivity contribution is 0.0690. The molecule has 0 aliphatic carbocycles. The number of aromatic carboxylic acids is 1. The summed E-state index contributed by atoms with van der Waals surface area (Å²) in [6, 6.07) is 9.36. The van der Waals surface area contributed by atoms with Gasteiger partial charge in [-0.3, -0.25) is 0 Å². The Balaban J connectivity index is 2.31. The van der Waals surface area contributed by atoms with Gasteiger partial charge in [-0.25, -0.2) is 9.48 Å². The van der Waals surface area contributed by atoms with Gasteiger partial charge in [0.1, 0.15) is 0 Å². The highest BCUT2D eigenvalue weighted by Gasteiger charge is 2.07. The molecule has 1 N–H and O–H groups in total. The molecule has 0 unspecified atom stereocenters. The summed E-state index contributed by atoms with van der Waals surface area (Å²) < 4.78 is 1.56. The number of carbonyl (C=O) groups is 1. The molecule has 2 aromatic rings. The predicted molar refractivity (Wildman–Crippen MR) is 59.9 cm³/mol. The van der Waals surface area contributed by atoms with Crippen molar-refractivity contribution >= 4 is 5.97 Å². The van der Waals surface area contributed by atoms with Gasteiger partial charge in [-0.15, -0.1) is 0 Å². The molecule has 0 aliphatic heterocycles. The monoisotopic (exact) mass is 216 g/mol. The average Bonchev–Trinajstić information content (AvgIpc) is 2.78. The molecule has 0 spiro atoms. The van der Waals surface area contributed by atoms with Crippen LogP contribution in [0.4, 0.5) is 0 Å². The van der Waals surface area contributed by atoms with Gasteiger partial charge in [0.15, 0.2) is 5.69 Å². The van der Waals surface area contributed by atoms with E-state index in [0.29, 0.717) is 0 Å². The Bertz CT molecular complexity index is 500. The largest absolute Gasteiger partial charge is 0.476 e. The third-order valence-electron chi connectivity index (χ3n) is 2.42. The molecule has 0 fully saturated rings. The summed E-state index contributed by atoms with van der Waals surface area (Å²) in [6.45, 7) is 2.09. The highest BCUT2D eigenvalue weighted by molar-refractivity contribution is 5.85. The van der Waals surface area contributed by atoms with Crippen molar-refractivity contribution in [1.82, 2.24) is 9.78 Å². The minimum Gasteiger partial charge on any atom is -0.476 e. The number of rotatable bonds is 3. The molecule has 16 heavy (non-hydrogen) atoms. The molecule has 0 atom stereocenters. The van der Waals surface area contributed by atoms with Crippen molar-refractivity contribution in [3.8, 4) is 5.69 Å². The SMILES string of the molecule is CCc1ccc(-n2ccc(C(=O)O)n2)cc1. The zero-order valence-corrected chi connectivity index (χ0v) is 8.92. The number of carboxylic acid groups (broad SMARTS) is 1. The topological polar surface area (TPSA) is 55.1 Å². The first-order valence-electron chi connectivity index (χ1n) is 5.09. The summed E-state index contributed by atoms with van der Waals surface area (Å²) in [5.41, 5.74) is 2.17. The van der Waals surface area contributed by atoms with E-state index in [2.05, 4.69) is 12.0 Å². The minimum atomic E-state index is -1.01. The minimum absolute atomic E-state index is 0.0552. The molecule has 1 aromatic carbocycles. The molecule has 0 saturated carbocycles. The van der Waals surface area contributed by atoms with E-state index in [1.54, 1.807) is 10.9 Å². The molecule has 0 aliphatic rings. The number of aryl methyl sites for hydroxylation is 1. The molecule has 0 bridgehead atoms. The first kappa shape index (κ1) is 10.4. The maximum absolute atomic E-state index is 10.7. The summed E-state index contributed by atoms with van der Waals surface area (Å²) in [5, 5.41) is 12.7. The van der Waals surface area contributed by atoms with Crippen molar-refractivity contribution in [2.75, 3.05) is 0 Å². The first-order chi connectivity index (χ1) is 7.70. The Morgan fingerprint density at radius 1 is 1.31 bits per heavy atom. The number of aromatic nitrogens is 2. The predicted octanol–water partition coefficient (Wildman–Crippen LogP) is 2.13. The van der Waals surface area contributed by atoms with Crippen LogP contribution in [0.5, 0.6) is 0 Å². The van der Waals surface area contributed by atoms with Crippen LogP contribution in [0.25, 0.3) is 5.69 Å². The smallest absolute Gasteiger partial charge is 0.356 e.